The Kier molecular flexibility index (Phi) is 3.21. The second kappa shape index (κ2) is 4.53. The van der Waals surface area contributed by atoms with Crippen LogP contribution >= 0.6 is 15.9 Å². The maximum atomic E-state index is 11.9. The summed E-state index contributed by atoms with van der Waals surface area (Å²) in [4.78, 5) is 36.3. The number of fused-ring (bicyclic) bond motifs is 1. The Bertz CT molecular complexity index is 569. The number of ketones is 1. The molecule has 1 heterocycles. The lowest BCUT2D eigenvalue weighted by Crippen LogP contribution is -2.39. The highest BCUT2D eigenvalue weighted by Gasteiger charge is 2.37. The van der Waals surface area contributed by atoms with Gasteiger partial charge in [-0.1, -0.05) is 15.9 Å². The van der Waals surface area contributed by atoms with E-state index >= 15 is 0 Å². The van der Waals surface area contributed by atoms with Gasteiger partial charge in [-0.15, -0.1) is 0 Å². The second-order valence-electron chi connectivity index (χ2n) is 4.01. The average molecular weight is 311 g/mol. The fraction of sp³-hybridized carbons (Fsp3) is 0.250. The van der Waals surface area contributed by atoms with E-state index in [9.17, 15) is 14.4 Å². The monoisotopic (exact) mass is 310 g/mol. The molecule has 0 atom stereocenters. The summed E-state index contributed by atoms with van der Waals surface area (Å²) in [6.07, 6.45) is 0. The molecule has 0 fully saturated rings. The molecule has 0 unspecified atom stereocenters. The fourth-order valence-corrected chi connectivity index (χ4v) is 2.55. The number of amides is 2. The summed E-state index contributed by atoms with van der Waals surface area (Å²) in [6.45, 7) is 1.66. The summed E-state index contributed by atoms with van der Waals surface area (Å²) >= 11 is 3.29. The second-order valence-corrected chi connectivity index (χ2v) is 4.93. The standard InChI is InChI=1S/C12H11BrN2O3/c1-6-3-7(13)4-8-10(6)15(5-9(16)14-2)12(18)11(8)17/h3-4H,5H2,1-2H3,(H,14,16). The molecule has 5 nitrogen and oxygen atoms in total. The number of carbonyl (C=O) groups excluding carboxylic acids is 3. The molecule has 1 aliphatic rings. The quantitative estimate of drug-likeness (QED) is 0.830. The van der Waals surface area contributed by atoms with Crippen LogP contribution in [-0.4, -0.2) is 31.2 Å². The third kappa shape index (κ3) is 1.92. The van der Waals surface area contributed by atoms with Gasteiger partial charge in [0, 0.05) is 11.5 Å². The SMILES string of the molecule is CNC(=O)CN1C(=O)C(=O)c2cc(Br)cc(C)c21. The van der Waals surface area contributed by atoms with Gasteiger partial charge in [-0.05, 0) is 24.6 Å². The molecule has 0 aliphatic carbocycles. The van der Waals surface area contributed by atoms with Crippen LogP contribution in [0.5, 0.6) is 0 Å². The molecule has 6 heteroatoms. The molecule has 0 saturated carbocycles. The van der Waals surface area contributed by atoms with Crippen LogP contribution in [0.3, 0.4) is 0 Å². The Balaban J connectivity index is 2.51. The predicted molar refractivity (Wildman–Crippen MR) is 69.6 cm³/mol. The number of likely N-dealkylation sites (N-methyl/N-ethyl adjacent to an activating group) is 1. The number of Topliss-reactive ketones (excluding diaryl/α,β-unsaturated/α-hetero) is 1. The molecule has 18 heavy (non-hydrogen) atoms. The van der Waals surface area contributed by atoms with Crippen molar-refractivity contribution in [2.24, 2.45) is 0 Å². The number of carbonyl (C=O) groups is 3. The summed E-state index contributed by atoms with van der Waals surface area (Å²) in [5.74, 6) is -1.54. The number of benzene rings is 1. The van der Waals surface area contributed by atoms with Gasteiger partial charge in [0.1, 0.15) is 6.54 Å². The highest BCUT2D eigenvalue weighted by molar-refractivity contribution is 9.10. The van der Waals surface area contributed by atoms with E-state index in [1.807, 2.05) is 6.07 Å². The number of hydrogen-bond acceptors (Lipinski definition) is 3. The van der Waals surface area contributed by atoms with Crippen molar-refractivity contribution in [3.63, 3.8) is 0 Å². The number of nitrogens with zero attached hydrogens (tertiary/aromatic N) is 1. The molecule has 0 aromatic heterocycles. The lowest BCUT2D eigenvalue weighted by molar-refractivity contribution is -0.121. The van der Waals surface area contributed by atoms with Crippen molar-refractivity contribution >= 4 is 39.2 Å². The minimum atomic E-state index is -0.658. The third-order valence-corrected chi connectivity index (χ3v) is 3.26. The Hall–Kier alpha value is -1.69. The van der Waals surface area contributed by atoms with Crippen molar-refractivity contribution in [3.8, 4) is 0 Å². The van der Waals surface area contributed by atoms with Crippen LogP contribution in [0.25, 0.3) is 0 Å². The van der Waals surface area contributed by atoms with Crippen molar-refractivity contribution < 1.29 is 14.4 Å². The van der Waals surface area contributed by atoms with Gasteiger partial charge >= 0.3 is 0 Å². The van der Waals surface area contributed by atoms with E-state index < -0.39 is 11.7 Å². The molecule has 0 spiro atoms. The first kappa shape index (κ1) is 12.8. The molecule has 0 bridgehead atoms. The van der Waals surface area contributed by atoms with Crippen molar-refractivity contribution in [1.29, 1.82) is 0 Å². The lowest BCUT2D eigenvalue weighted by Gasteiger charge is -2.17. The van der Waals surface area contributed by atoms with Gasteiger partial charge in [0.05, 0.1) is 11.3 Å². The number of nitrogens with one attached hydrogen (secondary N) is 1. The number of anilines is 1. The molecule has 94 valence electrons. The largest absolute Gasteiger partial charge is 0.358 e. The van der Waals surface area contributed by atoms with Crippen LogP contribution in [0, 0.1) is 6.92 Å². The van der Waals surface area contributed by atoms with Crippen LogP contribution in [0.1, 0.15) is 15.9 Å². The van der Waals surface area contributed by atoms with E-state index in [-0.39, 0.29) is 12.5 Å². The summed E-state index contributed by atoms with van der Waals surface area (Å²) in [7, 11) is 1.49. The van der Waals surface area contributed by atoms with Crippen molar-refractivity contribution in [2.75, 3.05) is 18.5 Å². The van der Waals surface area contributed by atoms with Gasteiger partial charge in [0.15, 0.2) is 0 Å². The Morgan fingerprint density at radius 2 is 2.06 bits per heavy atom. The zero-order chi connectivity index (χ0) is 13.4. The zero-order valence-electron chi connectivity index (χ0n) is 9.91. The minimum Gasteiger partial charge on any atom is -0.358 e. The lowest BCUT2D eigenvalue weighted by atomic mass is 10.1. The Labute approximate surface area is 112 Å². The Morgan fingerprint density at radius 1 is 1.39 bits per heavy atom. The van der Waals surface area contributed by atoms with Gasteiger partial charge in [-0.2, -0.15) is 0 Å². The maximum absolute atomic E-state index is 11.9. The van der Waals surface area contributed by atoms with E-state index in [2.05, 4.69) is 21.2 Å². The van der Waals surface area contributed by atoms with E-state index in [1.54, 1.807) is 13.0 Å². The normalized spacial score (nSPS) is 13.8. The molecule has 2 amide bonds. The van der Waals surface area contributed by atoms with Crippen LogP contribution < -0.4 is 10.2 Å². The molecule has 2 rings (SSSR count). The van der Waals surface area contributed by atoms with Crippen LogP contribution in [-0.2, 0) is 9.59 Å². The van der Waals surface area contributed by atoms with Crippen molar-refractivity contribution in [1.82, 2.24) is 5.32 Å². The number of aryl methyl sites for hydroxylation is 1. The minimum absolute atomic E-state index is 0.142. The first-order valence-corrected chi connectivity index (χ1v) is 6.12. The van der Waals surface area contributed by atoms with E-state index in [4.69, 9.17) is 0 Å². The van der Waals surface area contributed by atoms with E-state index in [0.717, 1.165) is 10.0 Å². The molecule has 1 N–H and O–H groups in total. The van der Waals surface area contributed by atoms with Gasteiger partial charge in [-0.3, -0.25) is 19.3 Å². The van der Waals surface area contributed by atoms with E-state index in [1.165, 1.54) is 11.9 Å². The molecule has 0 saturated heterocycles. The smallest absolute Gasteiger partial charge is 0.299 e. The summed E-state index contributed by atoms with van der Waals surface area (Å²) in [6, 6.07) is 3.41. The highest BCUT2D eigenvalue weighted by atomic mass is 79.9. The topological polar surface area (TPSA) is 66.5 Å². The first-order valence-electron chi connectivity index (χ1n) is 5.32. The maximum Gasteiger partial charge on any atom is 0.299 e. The fourth-order valence-electron chi connectivity index (χ4n) is 1.98. The van der Waals surface area contributed by atoms with Crippen molar-refractivity contribution in [3.05, 3.63) is 27.7 Å². The number of halogens is 1. The summed E-state index contributed by atoms with van der Waals surface area (Å²) in [5, 5.41) is 2.44. The van der Waals surface area contributed by atoms with E-state index in [0.29, 0.717) is 11.3 Å². The number of hydrogen-bond donors (Lipinski definition) is 1. The first-order chi connectivity index (χ1) is 8.45. The van der Waals surface area contributed by atoms with Crippen LogP contribution in [0.15, 0.2) is 16.6 Å². The molecular formula is C12H11BrN2O3. The molecule has 1 aliphatic heterocycles. The highest BCUT2D eigenvalue weighted by Crippen LogP contribution is 2.34. The van der Waals surface area contributed by atoms with Crippen LogP contribution in [0.4, 0.5) is 5.69 Å². The average Bonchev–Trinajstić information content (AvgIpc) is 2.54. The molecule has 1 aromatic carbocycles. The molecular weight excluding hydrogens is 300 g/mol. The van der Waals surface area contributed by atoms with Gasteiger partial charge in [0.2, 0.25) is 5.91 Å². The van der Waals surface area contributed by atoms with Gasteiger partial charge < -0.3 is 5.32 Å². The van der Waals surface area contributed by atoms with Crippen LogP contribution in [0.2, 0.25) is 0 Å². The zero-order valence-corrected chi connectivity index (χ0v) is 11.5. The summed E-state index contributed by atoms with van der Waals surface area (Å²) in [5.41, 5.74) is 1.65. The Morgan fingerprint density at radius 3 is 2.67 bits per heavy atom. The van der Waals surface area contributed by atoms with Gasteiger partial charge in [-0.25, -0.2) is 0 Å². The molecule has 0 radical (unpaired) electrons. The summed E-state index contributed by atoms with van der Waals surface area (Å²) < 4.78 is 0.738. The van der Waals surface area contributed by atoms with Crippen molar-refractivity contribution in [2.45, 2.75) is 6.92 Å². The predicted octanol–water partition coefficient (Wildman–Crippen LogP) is 1.03. The molecule has 1 aromatic rings. The third-order valence-electron chi connectivity index (χ3n) is 2.80. The number of rotatable bonds is 2. The van der Waals surface area contributed by atoms with Gasteiger partial charge in [0.25, 0.3) is 11.7 Å².